The first kappa shape index (κ1) is 21.5. The maximum Gasteiger partial charge on any atom is 0.253 e. The SMILES string of the molecule is Cc1ccc(C(CNC(=O)c2cn(Cc3ccccc3)c3ccccc23)N2CCOCC2)o1. The molecule has 0 radical (unpaired) electrons. The lowest BCUT2D eigenvalue weighted by atomic mass is 10.1. The Morgan fingerprint density at radius 1 is 1.00 bits per heavy atom. The lowest BCUT2D eigenvalue weighted by Crippen LogP contribution is -2.43. The van der Waals surface area contributed by atoms with Crippen molar-refractivity contribution in [3.63, 3.8) is 0 Å². The Morgan fingerprint density at radius 3 is 2.52 bits per heavy atom. The molecule has 6 nitrogen and oxygen atoms in total. The van der Waals surface area contributed by atoms with Gasteiger partial charge in [0.05, 0.1) is 24.8 Å². The van der Waals surface area contributed by atoms with Crippen LogP contribution in [0.4, 0.5) is 0 Å². The van der Waals surface area contributed by atoms with Crippen LogP contribution < -0.4 is 5.32 Å². The van der Waals surface area contributed by atoms with Gasteiger partial charge in [-0.3, -0.25) is 9.69 Å². The Balaban J connectivity index is 1.38. The molecule has 1 saturated heterocycles. The summed E-state index contributed by atoms with van der Waals surface area (Å²) < 4.78 is 13.6. The number of hydrogen-bond donors (Lipinski definition) is 1. The number of carbonyl (C=O) groups excluding carboxylic acids is 1. The number of aryl methyl sites for hydroxylation is 1. The monoisotopic (exact) mass is 443 g/mol. The third kappa shape index (κ3) is 4.72. The highest BCUT2D eigenvalue weighted by atomic mass is 16.5. The van der Waals surface area contributed by atoms with Gasteiger partial charge in [0.15, 0.2) is 0 Å². The predicted octanol–water partition coefficient (Wildman–Crippen LogP) is 4.39. The van der Waals surface area contributed by atoms with Crippen molar-refractivity contribution in [1.82, 2.24) is 14.8 Å². The summed E-state index contributed by atoms with van der Waals surface area (Å²) in [6, 6.07) is 22.3. The smallest absolute Gasteiger partial charge is 0.253 e. The van der Waals surface area contributed by atoms with Crippen molar-refractivity contribution >= 4 is 16.8 Å². The van der Waals surface area contributed by atoms with Crippen molar-refractivity contribution < 1.29 is 13.9 Å². The Hall–Kier alpha value is -3.35. The van der Waals surface area contributed by atoms with Gasteiger partial charge in [0.25, 0.3) is 5.91 Å². The first-order chi connectivity index (χ1) is 16.2. The molecule has 170 valence electrons. The fraction of sp³-hybridized carbons (Fsp3) is 0.296. The number of rotatable bonds is 7. The average molecular weight is 444 g/mol. The molecule has 2 aromatic carbocycles. The van der Waals surface area contributed by atoms with Crippen molar-refractivity contribution in [2.24, 2.45) is 0 Å². The third-order valence-corrected chi connectivity index (χ3v) is 6.26. The zero-order chi connectivity index (χ0) is 22.6. The van der Waals surface area contributed by atoms with Crippen LogP contribution in [0.1, 0.15) is 33.5 Å². The Morgan fingerprint density at radius 2 is 1.76 bits per heavy atom. The molecule has 1 aliphatic heterocycles. The molecular formula is C27H29N3O3. The number of furan rings is 1. The van der Waals surface area contributed by atoms with E-state index in [1.165, 1.54) is 5.56 Å². The molecule has 1 N–H and O–H groups in total. The van der Waals surface area contributed by atoms with Gasteiger partial charge in [0.2, 0.25) is 0 Å². The van der Waals surface area contributed by atoms with E-state index in [1.807, 2.05) is 61.7 Å². The molecule has 33 heavy (non-hydrogen) atoms. The summed E-state index contributed by atoms with van der Waals surface area (Å²) in [6.07, 6.45) is 1.97. The molecule has 1 unspecified atom stereocenters. The molecule has 0 bridgehead atoms. The number of para-hydroxylation sites is 1. The largest absolute Gasteiger partial charge is 0.465 e. The zero-order valence-electron chi connectivity index (χ0n) is 18.9. The third-order valence-electron chi connectivity index (χ3n) is 6.26. The van der Waals surface area contributed by atoms with Gasteiger partial charge >= 0.3 is 0 Å². The topological polar surface area (TPSA) is 59.6 Å². The van der Waals surface area contributed by atoms with Crippen LogP contribution in [-0.4, -0.2) is 48.2 Å². The lowest BCUT2D eigenvalue weighted by Gasteiger charge is -2.33. The minimum absolute atomic E-state index is 0.0239. The Kier molecular flexibility index (Phi) is 6.28. The van der Waals surface area contributed by atoms with Crippen LogP contribution in [0.15, 0.2) is 77.3 Å². The van der Waals surface area contributed by atoms with Crippen molar-refractivity contribution in [3.8, 4) is 0 Å². The fourth-order valence-corrected chi connectivity index (χ4v) is 4.55. The minimum atomic E-state index is -0.0699. The molecule has 0 aliphatic carbocycles. The molecule has 0 saturated carbocycles. The van der Waals surface area contributed by atoms with E-state index in [-0.39, 0.29) is 11.9 Å². The number of benzene rings is 2. The maximum atomic E-state index is 13.3. The summed E-state index contributed by atoms with van der Waals surface area (Å²) in [4.78, 5) is 15.7. The summed E-state index contributed by atoms with van der Waals surface area (Å²) in [6.45, 7) is 6.16. The Bertz CT molecular complexity index is 1220. The average Bonchev–Trinajstić information content (AvgIpc) is 3.44. The van der Waals surface area contributed by atoms with Crippen LogP contribution in [-0.2, 0) is 11.3 Å². The number of nitrogens with one attached hydrogen (secondary N) is 1. The van der Waals surface area contributed by atoms with Gasteiger partial charge in [-0.25, -0.2) is 0 Å². The van der Waals surface area contributed by atoms with Gasteiger partial charge in [-0.1, -0.05) is 48.5 Å². The number of ether oxygens (including phenoxy) is 1. The van der Waals surface area contributed by atoms with E-state index in [4.69, 9.17) is 9.15 Å². The highest BCUT2D eigenvalue weighted by Crippen LogP contribution is 2.25. The van der Waals surface area contributed by atoms with Crippen molar-refractivity contribution in [2.75, 3.05) is 32.8 Å². The van der Waals surface area contributed by atoms with Gasteiger partial charge in [-0.2, -0.15) is 0 Å². The van der Waals surface area contributed by atoms with Crippen molar-refractivity contribution in [3.05, 3.63) is 95.6 Å². The summed E-state index contributed by atoms with van der Waals surface area (Å²) in [7, 11) is 0. The first-order valence-electron chi connectivity index (χ1n) is 11.5. The van der Waals surface area contributed by atoms with Gasteiger partial charge in [-0.05, 0) is 30.7 Å². The van der Waals surface area contributed by atoms with Crippen molar-refractivity contribution in [1.29, 1.82) is 0 Å². The van der Waals surface area contributed by atoms with Crippen LogP contribution >= 0.6 is 0 Å². The second-order valence-corrected chi connectivity index (χ2v) is 8.50. The standard InChI is InChI=1S/C27H29N3O3/c1-20-11-12-26(33-20)25(29-13-15-32-16-14-29)17-28-27(31)23-19-30(18-21-7-3-2-4-8-21)24-10-6-5-9-22(23)24/h2-12,19,25H,13-18H2,1H3,(H,28,31). The summed E-state index contributed by atoms with van der Waals surface area (Å²) in [5.74, 6) is 1.68. The van der Waals surface area contributed by atoms with E-state index in [2.05, 4.69) is 33.0 Å². The highest BCUT2D eigenvalue weighted by molar-refractivity contribution is 6.07. The number of morpholine rings is 1. The molecule has 1 aliphatic rings. The van der Waals surface area contributed by atoms with E-state index in [9.17, 15) is 4.79 Å². The minimum Gasteiger partial charge on any atom is -0.465 e. The van der Waals surface area contributed by atoms with E-state index in [0.717, 1.165) is 42.1 Å². The van der Waals surface area contributed by atoms with Crippen LogP contribution in [0, 0.1) is 6.92 Å². The second kappa shape index (κ2) is 9.65. The fourth-order valence-electron chi connectivity index (χ4n) is 4.55. The second-order valence-electron chi connectivity index (χ2n) is 8.50. The molecule has 1 atom stereocenters. The molecule has 6 heteroatoms. The Labute approximate surface area is 193 Å². The number of aromatic nitrogens is 1. The maximum absolute atomic E-state index is 13.3. The molecule has 2 aromatic heterocycles. The quantitative estimate of drug-likeness (QED) is 0.460. The summed E-state index contributed by atoms with van der Waals surface area (Å²) in [5.41, 5.74) is 2.95. The molecule has 1 fully saturated rings. The molecule has 0 spiro atoms. The summed E-state index contributed by atoms with van der Waals surface area (Å²) >= 11 is 0. The highest BCUT2D eigenvalue weighted by Gasteiger charge is 2.26. The van der Waals surface area contributed by atoms with E-state index in [0.29, 0.717) is 25.3 Å². The zero-order valence-corrected chi connectivity index (χ0v) is 18.9. The molecule has 5 rings (SSSR count). The normalized spacial score (nSPS) is 15.5. The van der Waals surface area contributed by atoms with Crippen LogP contribution in [0.3, 0.4) is 0 Å². The number of carbonyl (C=O) groups is 1. The lowest BCUT2D eigenvalue weighted by molar-refractivity contribution is 0.0117. The van der Waals surface area contributed by atoms with Crippen molar-refractivity contribution in [2.45, 2.75) is 19.5 Å². The van der Waals surface area contributed by atoms with E-state index < -0.39 is 0 Å². The number of nitrogens with zero attached hydrogens (tertiary/aromatic N) is 2. The van der Waals surface area contributed by atoms with Gasteiger partial charge in [0.1, 0.15) is 11.5 Å². The van der Waals surface area contributed by atoms with Gasteiger partial charge < -0.3 is 19.0 Å². The van der Waals surface area contributed by atoms with E-state index in [1.54, 1.807) is 0 Å². The van der Waals surface area contributed by atoms with Crippen LogP contribution in [0.5, 0.6) is 0 Å². The predicted molar refractivity (Wildman–Crippen MR) is 128 cm³/mol. The number of amides is 1. The van der Waals surface area contributed by atoms with Crippen LogP contribution in [0.25, 0.3) is 10.9 Å². The molecule has 1 amide bonds. The van der Waals surface area contributed by atoms with E-state index >= 15 is 0 Å². The van der Waals surface area contributed by atoms with Gasteiger partial charge in [-0.15, -0.1) is 0 Å². The number of fused-ring (bicyclic) bond motifs is 1. The van der Waals surface area contributed by atoms with Crippen LogP contribution in [0.2, 0.25) is 0 Å². The summed E-state index contributed by atoms with van der Waals surface area (Å²) in [5, 5.41) is 4.14. The molecule has 4 aromatic rings. The molecule has 3 heterocycles. The van der Waals surface area contributed by atoms with Gasteiger partial charge in [0, 0.05) is 43.3 Å². The number of hydrogen-bond acceptors (Lipinski definition) is 4. The first-order valence-corrected chi connectivity index (χ1v) is 11.5. The molecular weight excluding hydrogens is 414 g/mol.